The number of para-hydroxylation sites is 1. The van der Waals surface area contributed by atoms with Gasteiger partial charge in [-0.25, -0.2) is 13.1 Å². The molecule has 0 aliphatic rings. The summed E-state index contributed by atoms with van der Waals surface area (Å²) in [5, 5.41) is 15.8. The molecule has 2 aromatic heterocycles. The number of aliphatic hydroxyl groups is 1. The van der Waals surface area contributed by atoms with E-state index in [1.165, 1.54) is 6.26 Å². The van der Waals surface area contributed by atoms with Crippen LogP contribution in [0.15, 0.2) is 65.6 Å². The lowest BCUT2D eigenvalue weighted by Crippen LogP contribution is -2.16. The van der Waals surface area contributed by atoms with Gasteiger partial charge in [-0.3, -0.25) is 0 Å². The molecule has 0 saturated heterocycles. The van der Waals surface area contributed by atoms with Gasteiger partial charge in [0.25, 0.3) is 0 Å². The molecule has 0 bridgehead atoms. The predicted molar refractivity (Wildman–Crippen MR) is 130 cm³/mol. The summed E-state index contributed by atoms with van der Waals surface area (Å²) in [5.41, 5.74) is 2.78. The molecule has 0 amide bonds. The van der Waals surface area contributed by atoms with E-state index in [1.54, 1.807) is 54.1 Å². The maximum absolute atomic E-state index is 12.0. The maximum atomic E-state index is 12.0. The van der Waals surface area contributed by atoms with Crippen LogP contribution in [0.25, 0.3) is 26.7 Å². The summed E-state index contributed by atoms with van der Waals surface area (Å²) in [6, 6.07) is 18.3. The van der Waals surface area contributed by atoms with Crippen LogP contribution < -0.4 is 0 Å². The molecule has 0 radical (unpaired) electrons. The summed E-state index contributed by atoms with van der Waals surface area (Å²) in [7, 11) is -3.30. The van der Waals surface area contributed by atoms with Crippen LogP contribution in [-0.2, 0) is 15.4 Å². The molecule has 0 aliphatic carbocycles. The van der Waals surface area contributed by atoms with E-state index in [0.29, 0.717) is 16.4 Å². The van der Waals surface area contributed by atoms with E-state index in [4.69, 9.17) is 11.6 Å². The molecule has 166 valence electrons. The highest BCUT2D eigenvalue weighted by atomic mass is 35.5. The first-order chi connectivity index (χ1) is 14.9. The first-order valence-electron chi connectivity index (χ1n) is 9.94. The highest BCUT2D eigenvalue weighted by Gasteiger charge is 2.25. The smallest absolute Gasteiger partial charge is 0.175 e. The van der Waals surface area contributed by atoms with Crippen LogP contribution in [0.3, 0.4) is 0 Å². The summed E-state index contributed by atoms with van der Waals surface area (Å²) < 4.78 is 25.7. The number of halogens is 1. The third-order valence-corrected chi connectivity index (χ3v) is 7.85. The van der Waals surface area contributed by atoms with Crippen LogP contribution in [0.5, 0.6) is 0 Å². The standard InChI is InChI=1S/C24H23ClN2O3S2/c1-15-12-21(16-8-7-9-17(13-16)32(4,29)30)31-23(15)20-14-22(24(2,3)28)26-27(20)19-11-6-5-10-18(19)25/h5-14,28H,1-4H3. The lowest BCUT2D eigenvalue weighted by Gasteiger charge is -2.13. The Bertz CT molecular complexity index is 1410. The average molecular weight is 487 g/mol. The van der Waals surface area contributed by atoms with Crippen LogP contribution >= 0.6 is 22.9 Å². The average Bonchev–Trinajstić information content (AvgIpc) is 3.31. The van der Waals surface area contributed by atoms with Crippen LogP contribution in [0, 0.1) is 6.92 Å². The van der Waals surface area contributed by atoms with Crippen LogP contribution in [0.2, 0.25) is 5.02 Å². The first-order valence-corrected chi connectivity index (χ1v) is 13.0. The van der Waals surface area contributed by atoms with Crippen molar-refractivity contribution in [1.82, 2.24) is 9.78 Å². The molecule has 4 rings (SSSR count). The molecule has 0 atom stereocenters. The van der Waals surface area contributed by atoms with Crippen molar-refractivity contribution >= 4 is 32.8 Å². The van der Waals surface area contributed by atoms with E-state index >= 15 is 0 Å². The quantitative estimate of drug-likeness (QED) is 0.383. The highest BCUT2D eigenvalue weighted by Crippen LogP contribution is 2.40. The van der Waals surface area contributed by atoms with Crippen LogP contribution in [0.1, 0.15) is 25.1 Å². The molecule has 2 aromatic carbocycles. The van der Waals surface area contributed by atoms with E-state index in [9.17, 15) is 13.5 Å². The van der Waals surface area contributed by atoms with Gasteiger partial charge >= 0.3 is 0 Å². The topological polar surface area (TPSA) is 72.2 Å². The summed E-state index contributed by atoms with van der Waals surface area (Å²) in [5.74, 6) is 0. The van der Waals surface area contributed by atoms with Crippen LogP contribution in [0.4, 0.5) is 0 Å². The highest BCUT2D eigenvalue weighted by molar-refractivity contribution is 7.90. The molecular formula is C24H23ClN2O3S2. The zero-order valence-corrected chi connectivity index (χ0v) is 20.5. The minimum atomic E-state index is -3.30. The number of aromatic nitrogens is 2. The molecule has 0 unspecified atom stereocenters. The Hall–Kier alpha value is -2.45. The predicted octanol–water partition coefficient (Wildman–Crippen LogP) is 5.86. The fourth-order valence-corrected chi connectivity index (χ4v) is 5.46. The zero-order chi connectivity index (χ0) is 23.3. The van der Waals surface area contributed by atoms with Crippen molar-refractivity contribution in [2.75, 3.05) is 6.26 Å². The van der Waals surface area contributed by atoms with Gasteiger partial charge in [0.05, 0.1) is 31.9 Å². The van der Waals surface area contributed by atoms with Crippen molar-refractivity contribution < 1.29 is 13.5 Å². The molecule has 5 nitrogen and oxygen atoms in total. The molecule has 8 heteroatoms. The fourth-order valence-electron chi connectivity index (χ4n) is 3.41. The van der Waals surface area contributed by atoms with E-state index in [0.717, 1.165) is 26.6 Å². The Morgan fingerprint density at radius 2 is 1.78 bits per heavy atom. The summed E-state index contributed by atoms with van der Waals surface area (Å²) in [6.45, 7) is 5.39. The Labute approximate surface area is 196 Å². The number of benzene rings is 2. The van der Waals surface area contributed by atoms with Gasteiger partial charge < -0.3 is 5.11 Å². The molecule has 2 heterocycles. The van der Waals surface area contributed by atoms with E-state index in [-0.39, 0.29) is 4.90 Å². The fraction of sp³-hybridized carbons (Fsp3) is 0.208. The third-order valence-electron chi connectivity index (χ3n) is 5.11. The van der Waals surface area contributed by atoms with E-state index in [1.807, 2.05) is 43.3 Å². The Balaban J connectivity index is 1.90. The summed E-state index contributed by atoms with van der Waals surface area (Å²) in [4.78, 5) is 2.19. The second-order valence-electron chi connectivity index (χ2n) is 8.26. The Kier molecular flexibility index (Phi) is 5.79. The van der Waals surface area contributed by atoms with Gasteiger partial charge in [0.2, 0.25) is 0 Å². The van der Waals surface area contributed by atoms with Gasteiger partial charge in [-0.1, -0.05) is 35.9 Å². The lowest BCUT2D eigenvalue weighted by molar-refractivity contribution is 0.0734. The number of hydrogen-bond donors (Lipinski definition) is 1. The molecular weight excluding hydrogens is 464 g/mol. The second kappa shape index (κ2) is 8.15. The van der Waals surface area contributed by atoms with Crippen molar-refractivity contribution in [1.29, 1.82) is 0 Å². The summed E-state index contributed by atoms with van der Waals surface area (Å²) in [6.07, 6.45) is 1.21. The van der Waals surface area contributed by atoms with Crippen molar-refractivity contribution in [2.45, 2.75) is 31.3 Å². The third kappa shape index (κ3) is 4.38. The van der Waals surface area contributed by atoms with Gasteiger partial charge in [0.15, 0.2) is 9.84 Å². The van der Waals surface area contributed by atoms with Gasteiger partial charge in [-0.15, -0.1) is 11.3 Å². The number of nitrogens with zero attached hydrogens (tertiary/aromatic N) is 2. The minimum absolute atomic E-state index is 0.285. The van der Waals surface area contributed by atoms with E-state index < -0.39 is 15.4 Å². The Morgan fingerprint density at radius 1 is 1.06 bits per heavy atom. The molecule has 32 heavy (non-hydrogen) atoms. The minimum Gasteiger partial charge on any atom is -0.384 e. The second-order valence-corrected chi connectivity index (χ2v) is 11.7. The number of sulfone groups is 1. The molecule has 0 aliphatic heterocycles. The van der Waals surface area contributed by atoms with Gasteiger partial charge in [0, 0.05) is 11.1 Å². The van der Waals surface area contributed by atoms with Gasteiger partial charge in [0.1, 0.15) is 5.60 Å². The van der Waals surface area contributed by atoms with Gasteiger partial charge in [-0.05, 0) is 68.3 Å². The summed E-state index contributed by atoms with van der Waals surface area (Å²) >= 11 is 8.01. The van der Waals surface area contributed by atoms with Crippen molar-refractivity contribution in [3.63, 3.8) is 0 Å². The van der Waals surface area contributed by atoms with Crippen molar-refractivity contribution in [2.24, 2.45) is 0 Å². The maximum Gasteiger partial charge on any atom is 0.175 e. The van der Waals surface area contributed by atoms with Crippen molar-refractivity contribution in [3.8, 4) is 26.7 Å². The lowest BCUT2D eigenvalue weighted by atomic mass is 10.1. The molecule has 0 spiro atoms. The number of rotatable bonds is 5. The van der Waals surface area contributed by atoms with Crippen LogP contribution in [-0.4, -0.2) is 29.6 Å². The Morgan fingerprint density at radius 3 is 2.44 bits per heavy atom. The SMILES string of the molecule is Cc1cc(-c2cccc(S(C)(=O)=O)c2)sc1-c1cc(C(C)(C)O)nn1-c1ccccc1Cl. The molecule has 1 N–H and O–H groups in total. The zero-order valence-electron chi connectivity index (χ0n) is 18.1. The number of hydrogen-bond acceptors (Lipinski definition) is 5. The van der Waals surface area contributed by atoms with E-state index in [2.05, 4.69) is 5.10 Å². The monoisotopic (exact) mass is 486 g/mol. The normalized spacial score (nSPS) is 12.3. The molecule has 4 aromatic rings. The number of thiophene rings is 1. The van der Waals surface area contributed by atoms with Crippen molar-refractivity contribution in [3.05, 3.63) is 76.9 Å². The molecule has 0 saturated carbocycles. The number of aryl methyl sites for hydroxylation is 1. The first kappa shape index (κ1) is 22.7. The largest absolute Gasteiger partial charge is 0.384 e. The molecule has 0 fully saturated rings. The van der Waals surface area contributed by atoms with Gasteiger partial charge in [-0.2, -0.15) is 5.10 Å².